The van der Waals surface area contributed by atoms with Crippen molar-refractivity contribution in [1.82, 2.24) is 4.90 Å². The number of benzene rings is 1. The van der Waals surface area contributed by atoms with Crippen LogP contribution in [0.25, 0.3) is 0 Å². The van der Waals surface area contributed by atoms with Crippen LogP contribution in [0, 0.1) is 5.92 Å². The Balaban J connectivity index is 2.19. The Morgan fingerprint density at radius 2 is 2.26 bits per heavy atom. The summed E-state index contributed by atoms with van der Waals surface area (Å²) in [5, 5.41) is 12.7. The minimum Gasteiger partial charge on any atom is -0.478 e. The minimum absolute atomic E-state index is 0.314. The minimum atomic E-state index is -0.907. The quantitative estimate of drug-likeness (QED) is 0.896. The van der Waals surface area contributed by atoms with Gasteiger partial charge in [0.2, 0.25) is 0 Å². The number of aromatic carboxylic acids is 1. The topological polar surface area (TPSA) is 52.6 Å². The van der Waals surface area contributed by atoms with Crippen molar-refractivity contribution >= 4 is 27.6 Å². The number of anilines is 1. The first kappa shape index (κ1) is 14.3. The number of carboxylic acids is 1. The maximum Gasteiger partial charge on any atom is 0.338 e. The molecule has 0 spiro atoms. The highest BCUT2D eigenvalue weighted by Crippen LogP contribution is 2.28. The molecule has 19 heavy (non-hydrogen) atoms. The second-order valence-corrected chi connectivity index (χ2v) is 6.10. The Kier molecular flexibility index (Phi) is 4.47. The molecule has 4 nitrogen and oxygen atoms in total. The largest absolute Gasteiger partial charge is 0.478 e. The van der Waals surface area contributed by atoms with Crippen LogP contribution in [0.15, 0.2) is 22.7 Å². The van der Waals surface area contributed by atoms with Gasteiger partial charge in [0.25, 0.3) is 0 Å². The molecule has 2 N–H and O–H groups in total. The van der Waals surface area contributed by atoms with Gasteiger partial charge in [-0.2, -0.15) is 0 Å². The van der Waals surface area contributed by atoms with Crippen molar-refractivity contribution in [2.24, 2.45) is 5.92 Å². The monoisotopic (exact) mass is 326 g/mol. The highest BCUT2D eigenvalue weighted by Gasteiger charge is 2.25. The van der Waals surface area contributed by atoms with Gasteiger partial charge in [0.15, 0.2) is 0 Å². The first-order valence-electron chi connectivity index (χ1n) is 6.46. The molecule has 0 amide bonds. The molecule has 2 atom stereocenters. The molecular formula is C14H19BrN2O2. The molecule has 0 bridgehead atoms. The SMILES string of the molecule is CC1CN(C)CCC1Nc1cccc(Br)c1C(=O)O. The molecule has 1 aliphatic heterocycles. The lowest BCUT2D eigenvalue weighted by Crippen LogP contribution is -2.43. The predicted molar refractivity (Wildman–Crippen MR) is 79.8 cm³/mol. The summed E-state index contributed by atoms with van der Waals surface area (Å²) in [7, 11) is 2.12. The first-order valence-corrected chi connectivity index (χ1v) is 7.25. The molecule has 1 aromatic rings. The zero-order valence-electron chi connectivity index (χ0n) is 11.2. The Bertz CT molecular complexity index is 479. The third kappa shape index (κ3) is 3.28. The fraction of sp³-hybridized carbons (Fsp3) is 0.500. The van der Waals surface area contributed by atoms with Crippen molar-refractivity contribution in [2.45, 2.75) is 19.4 Å². The summed E-state index contributed by atoms with van der Waals surface area (Å²) in [4.78, 5) is 13.6. The number of nitrogens with one attached hydrogen (secondary N) is 1. The van der Waals surface area contributed by atoms with Gasteiger partial charge in [0.05, 0.1) is 11.3 Å². The van der Waals surface area contributed by atoms with Gasteiger partial charge in [0, 0.05) is 17.1 Å². The molecule has 0 aromatic heterocycles. The summed E-state index contributed by atoms with van der Waals surface area (Å²) in [5.41, 5.74) is 1.01. The second kappa shape index (κ2) is 5.92. The average Bonchev–Trinajstić information content (AvgIpc) is 2.32. The number of rotatable bonds is 3. The molecule has 1 fully saturated rings. The van der Waals surface area contributed by atoms with Gasteiger partial charge in [-0.1, -0.05) is 13.0 Å². The number of piperidine rings is 1. The van der Waals surface area contributed by atoms with Crippen LogP contribution >= 0.6 is 15.9 Å². The van der Waals surface area contributed by atoms with E-state index in [9.17, 15) is 9.90 Å². The van der Waals surface area contributed by atoms with Crippen molar-refractivity contribution in [2.75, 3.05) is 25.5 Å². The van der Waals surface area contributed by atoms with Gasteiger partial charge >= 0.3 is 5.97 Å². The van der Waals surface area contributed by atoms with E-state index in [1.807, 2.05) is 12.1 Å². The normalized spacial score (nSPS) is 24.2. The standard InChI is InChI=1S/C14H19BrN2O2/c1-9-8-17(2)7-6-11(9)16-12-5-3-4-10(15)13(12)14(18)19/h3-5,9,11,16H,6-8H2,1-2H3,(H,18,19). The summed E-state index contributed by atoms with van der Waals surface area (Å²) < 4.78 is 0.616. The molecule has 1 saturated heterocycles. The van der Waals surface area contributed by atoms with Crippen molar-refractivity contribution in [3.05, 3.63) is 28.2 Å². The molecule has 5 heteroatoms. The van der Waals surface area contributed by atoms with E-state index in [4.69, 9.17) is 0 Å². The fourth-order valence-corrected chi connectivity index (χ4v) is 3.17. The zero-order chi connectivity index (χ0) is 14.0. The van der Waals surface area contributed by atoms with Gasteiger partial charge < -0.3 is 15.3 Å². The van der Waals surface area contributed by atoms with E-state index < -0.39 is 5.97 Å². The van der Waals surface area contributed by atoms with Crippen molar-refractivity contribution < 1.29 is 9.90 Å². The molecule has 1 aliphatic rings. The van der Waals surface area contributed by atoms with Crippen LogP contribution in [-0.4, -0.2) is 42.2 Å². The third-order valence-electron chi connectivity index (χ3n) is 3.68. The Morgan fingerprint density at radius 3 is 2.89 bits per heavy atom. The van der Waals surface area contributed by atoms with E-state index in [1.165, 1.54) is 0 Å². The molecule has 1 heterocycles. The molecule has 2 rings (SSSR count). The smallest absolute Gasteiger partial charge is 0.338 e. The highest BCUT2D eigenvalue weighted by molar-refractivity contribution is 9.10. The number of carboxylic acid groups (broad SMARTS) is 1. The summed E-state index contributed by atoms with van der Waals surface area (Å²) in [6, 6.07) is 5.77. The summed E-state index contributed by atoms with van der Waals surface area (Å²) in [6.45, 7) is 4.28. The van der Waals surface area contributed by atoms with Crippen LogP contribution in [0.1, 0.15) is 23.7 Å². The molecule has 0 radical (unpaired) electrons. The fourth-order valence-electron chi connectivity index (χ4n) is 2.63. The molecule has 2 unspecified atom stereocenters. The number of hydrogen-bond donors (Lipinski definition) is 2. The van der Waals surface area contributed by atoms with Gasteiger partial charge in [-0.25, -0.2) is 4.79 Å². The maximum atomic E-state index is 11.3. The van der Waals surface area contributed by atoms with Crippen LogP contribution in [0.2, 0.25) is 0 Å². The Hall–Kier alpha value is -1.07. The van der Waals surface area contributed by atoms with Crippen molar-refractivity contribution in [3.63, 3.8) is 0 Å². The zero-order valence-corrected chi connectivity index (χ0v) is 12.8. The van der Waals surface area contributed by atoms with Gasteiger partial charge in [-0.05, 0) is 54.0 Å². The van der Waals surface area contributed by atoms with E-state index in [2.05, 4.69) is 40.1 Å². The van der Waals surface area contributed by atoms with E-state index >= 15 is 0 Å². The lowest BCUT2D eigenvalue weighted by atomic mass is 9.93. The van der Waals surface area contributed by atoms with Gasteiger partial charge in [-0.15, -0.1) is 0 Å². The van der Waals surface area contributed by atoms with Gasteiger partial charge in [0.1, 0.15) is 0 Å². The first-order chi connectivity index (χ1) is 8.99. The van der Waals surface area contributed by atoms with Crippen LogP contribution in [-0.2, 0) is 0 Å². The number of halogens is 1. The molecule has 104 valence electrons. The predicted octanol–water partition coefficient (Wildman–Crippen LogP) is 2.90. The molecular weight excluding hydrogens is 308 g/mol. The average molecular weight is 327 g/mol. The number of nitrogens with zero attached hydrogens (tertiary/aromatic N) is 1. The van der Waals surface area contributed by atoms with Crippen molar-refractivity contribution in [3.8, 4) is 0 Å². The second-order valence-electron chi connectivity index (χ2n) is 5.25. The van der Waals surface area contributed by atoms with E-state index in [0.29, 0.717) is 27.7 Å². The van der Waals surface area contributed by atoms with Gasteiger partial charge in [-0.3, -0.25) is 0 Å². The summed E-state index contributed by atoms with van der Waals surface area (Å²) in [5.74, 6) is -0.407. The number of hydrogen-bond acceptors (Lipinski definition) is 3. The lowest BCUT2D eigenvalue weighted by molar-refractivity contribution is 0.0696. The highest BCUT2D eigenvalue weighted by atomic mass is 79.9. The third-order valence-corrected chi connectivity index (χ3v) is 4.34. The molecule has 1 aromatic carbocycles. The molecule has 0 saturated carbocycles. The maximum absolute atomic E-state index is 11.3. The summed E-state index contributed by atoms with van der Waals surface area (Å²) >= 11 is 3.31. The van der Waals surface area contributed by atoms with E-state index in [-0.39, 0.29) is 0 Å². The molecule has 0 aliphatic carbocycles. The van der Waals surface area contributed by atoms with Crippen LogP contribution in [0.4, 0.5) is 5.69 Å². The summed E-state index contributed by atoms with van der Waals surface area (Å²) in [6.07, 6.45) is 1.03. The number of carbonyl (C=O) groups is 1. The Morgan fingerprint density at radius 1 is 1.53 bits per heavy atom. The number of likely N-dealkylation sites (tertiary alicyclic amines) is 1. The Labute approximate surface area is 121 Å². The van der Waals surface area contributed by atoms with Crippen molar-refractivity contribution in [1.29, 1.82) is 0 Å². The van der Waals surface area contributed by atoms with Crippen LogP contribution in [0.5, 0.6) is 0 Å². The van der Waals surface area contributed by atoms with E-state index in [1.54, 1.807) is 6.07 Å². The van der Waals surface area contributed by atoms with Crippen LogP contribution in [0.3, 0.4) is 0 Å². The lowest BCUT2D eigenvalue weighted by Gasteiger charge is -2.36. The van der Waals surface area contributed by atoms with E-state index in [0.717, 1.165) is 19.5 Å². The van der Waals surface area contributed by atoms with Crippen LogP contribution < -0.4 is 5.32 Å².